The highest BCUT2D eigenvalue weighted by molar-refractivity contribution is 5.67. The second-order valence-electron chi connectivity index (χ2n) is 4.10. The fourth-order valence-electron chi connectivity index (χ4n) is 0.856. The molecule has 0 aromatic rings. The average Bonchev–Trinajstić information content (AvgIpc) is 2.00. The summed E-state index contributed by atoms with van der Waals surface area (Å²) in [6, 6.07) is 0. The van der Waals surface area contributed by atoms with Gasteiger partial charge in [0.15, 0.2) is 0 Å². The molecule has 0 aliphatic heterocycles. The van der Waals surface area contributed by atoms with Crippen molar-refractivity contribution in [2.75, 3.05) is 6.54 Å². The number of carbonyl (C=O) groups excluding carboxylic acids is 1. The van der Waals surface area contributed by atoms with Gasteiger partial charge in [0.05, 0.1) is 0 Å². The normalized spacial score (nSPS) is 11.7. The van der Waals surface area contributed by atoms with Crippen LogP contribution < -0.4 is 5.32 Å². The zero-order valence-electron chi connectivity index (χ0n) is 9.59. The predicted octanol–water partition coefficient (Wildman–Crippen LogP) is 2.87. The van der Waals surface area contributed by atoms with Crippen LogP contribution >= 0.6 is 0 Å². The molecule has 0 bridgehead atoms. The highest BCUT2D eigenvalue weighted by Crippen LogP contribution is 2.06. The molecule has 0 spiro atoms. The molecule has 14 heavy (non-hydrogen) atoms. The van der Waals surface area contributed by atoms with Gasteiger partial charge in [-0.15, -0.1) is 0 Å². The first-order chi connectivity index (χ1) is 6.45. The Labute approximate surface area is 86.5 Å². The average molecular weight is 199 g/mol. The van der Waals surface area contributed by atoms with Crippen LogP contribution in [0.4, 0.5) is 4.79 Å². The summed E-state index contributed by atoms with van der Waals surface area (Å²) in [6.07, 6.45) is 5.68. The SMILES string of the molecule is CC/C=C\CCNC(=O)OC(C)(C)C. The van der Waals surface area contributed by atoms with Gasteiger partial charge in [-0.05, 0) is 33.6 Å². The molecule has 0 saturated carbocycles. The predicted molar refractivity (Wildman–Crippen MR) is 58.3 cm³/mol. The first-order valence-corrected chi connectivity index (χ1v) is 5.07. The minimum absolute atomic E-state index is 0.345. The molecule has 3 heteroatoms. The van der Waals surface area contributed by atoms with Gasteiger partial charge in [-0.1, -0.05) is 19.1 Å². The van der Waals surface area contributed by atoms with Gasteiger partial charge in [-0.2, -0.15) is 0 Å². The molecular formula is C11H21NO2. The summed E-state index contributed by atoms with van der Waals surface area (Å²) in [4.78, 5) is 11.1. The number of alkyl carbamates (subject to hydrolysis) is 1. The Kier molecular flexibility index (Phi) is 6.00. The fraction of sp³-hybridized carbons (Fsp3) is 0.727. The molecule has 82 valence electrons. The van der Waals surface area contributed by atoms with Gasteiger partial charge in [0, 0.05) is 6.54 Å². The van der Waals surface area contributed by atoms with E-state index in [4.69, 9.17) is 4.74 Å². The molecule has 1 amide bonds. The van der Waals surface area contributed by atoms with Crippen LogP contribution in [0.3, 0.4) is 0 Å². The highest BCUT2D eigenvalue weighted by atomic mass is 16.6. The number of hydrogen-bond donors (Lipinski definition) is 1. The number of hydrogen-bond acceptors (Lipinski definition) is 2. The molecule has 0 saturated heterocycles. The van der Waals surface area contributed by atoms with Gasteiger partial charge in [0.1, 0.15) is 5.60 Å². The molecule has 0 rings (SSSR count). The summed E-state index contributed by atoms with van der Waals surface area (Å²) in [5, 5.41) is 2.69. The third kappa shape index (κ3) is 9.10. The maximum absolute atomic E-state index is 11.1. The van der Waals surface area contributed by atoms with Crippen molar-refractivity contribution in [3.05, 3.63) is 12.2 Å². The van der Waals surface area contributed by atoms with E-state index in [1.165, 1.54) is 0 Å². The van der Waals surface area contributed by atoms with E-state index < -0.39 is 5.60 Å². The monoisotopic (exact) mass is 199 g/mol. The lowest BCUT2D eigenvalue weighted by molar-refractivity contribution is 0.0529. The van der Waals surface area contributed by atoms with Crippen molar-refractivity contribution in [2.24, 2.45) is 0 Å². The molecule has 0 aromatic heterocycles. The standard InChI is InChI=1S/C11H21NO2/c1-5-6-7-8-9-12-10(13)14-11(2,3)4/h6-7H,5,8-9H2,1-4H3,(H,12,13)/b7-6-. The molecular weight excluding hydrogens is 178 g/mol. The number of rotatable bonds is 4. The van der Waals surface area contributed by atoms with Gasteiger partial charge in [0.2, 0.25) is 0 Å². The molecule has 0 fully saturated rings. The van der Waals surface area contributed by atoms with Crippen molar-refractivity contribution >= 4 is 6.09 Å². The molecule has 0 aromatic carbocycles. The molecule has 0 heterocycles. The van der Waals surface area contributed by atoms with E-state index in [9.17, 15) is 4.79 Å². The van der Waals surface area contributed by atoms with Crippen molar-refractivity contribution in [1.82, 2.24) is 5.32 Å². The second kappa shape index (κ2) is 6.46. The lowest BCUT2D eigenvalue weighted by atomic mass is 10.2. The number of nitrogens with one attached hydrogen (secondary N) is 1. The number of amides is 1. The van der Waals surface area contributed by atoms with Crippen molar-refractivity contribution < 1.29 is 9.53 Å². The molecule has 0 unspecified atom stereocenters. The van der Waals surface area contributed by atoms with Crippen LogP contribution in [0.1, 0.15) is 40.5 Å². The number of carbonyl (C=O) groups is 1. The Hall–Kier alpha value is -0.990. The molecule has 0 atom stereocenters. The number of allylic oxidation sites excluding steroid dienone is 1. The summed E-state index contributed by atoms with van der Waals surface area (Å²) >= 11 is 0. The first-order valence-electron chi connectivity index (χ1n) is 5.07. The largest absolute Gasteiger partial charge is 0.444 e. The van der Waals surface area contributed by atoms with Crippen molar-refractivity contribution in [2.45, 2.75) is 46.1 Å². The lowest BCUT2D eigenvalue weighted by Gasteiger charge is -2.19. The smallest absolute Gasteiger partial charge is 0.407 e. The van der Waals surface area contributed by atoms with Gasteiger partial charge in [-0.25, -0.2) is 4.79 Å². The molecule has 0 aliphatic carbocycles. The highest BCUT2D eigenvalue weighted by Gasteiger charge is 2.14. The summed E-state index contributed by atoms with van der Waals surface area (Å²) in [5.74, 6) is 0. The first kappa shape index (κ1) is 13.0. The fourth-order valence-corrected chi connectivity index (χ4v) is 0.856. The summed E-state index contributed by atoms with van der Waals surface area (Å²) in [6.45, 7) is 8.26. The van der Waals surface area contributed by atoms with Crippen molar-refractivity contribution in [3.63, 3.8) is 0 Å². The van der Waals surface area contributed by atoms with Crippen LogP contribution in [0.15, 0.2) is 12.2 Å². The van der Waals surface area contributed by atoms with Gasteiger partial charge in [-0.3, -0.25) is 0 Å². The van der Waals surface area contributed by atoms with Crippen LogP contribution in [0.25, 0.3) is 0 Å². The van der Waals surface area contributed by atoms with E-state index in [2.05, 4.69) is 24.4 Å². The summed E-state index contributed by atoms with van der Waals surface area (Å²) < 4.78 is 5.07. The van der Waals surface area contributed by atoms with Crippen LogP contribution in [0.5, 0.6) is 0 Å². The maximum Gasteiger partial charge on any atom is 0.407 e. The maximum atomic E-state index is 11.1. The Balaban J connectivity index is 3.50. The third-order valence-corrected chi connectivity index (χ3v) is 1.38. The minimum Gasteiger partial charge on any atom is -0.444 e. The molecule has 1 N–H and O–H groups in total. The molecule has 3 nitrogen and oxygen atoms in total. The van der Waals surface area contributed by atoms with Crippen molar-refractivity contribution in [3.8, 4) is 0 Å². The lowest BCUT2D eigenvalue weighted by Crippen LogP contribution is -2.32. The Morgan fingerprint density at radius 2 is 2.00 bits per heavy atom. The van der Waals surface area contributed by atoms with Gasteiger partial charge < -0.3 is 10.1 Å². The molecule has 0 radical (unpaired) electrons. The van der Waals surface area contributed by atoms with E-state index in [1.54, 1.807) is 0 Å². The van der Waals surface area contributed by atoms with Crippen LogP contribution in [-0.4, -0.2) is 18.2 Å². The third-order valence-electron chi connectivity index (χ3n) is 1.38. The van der Waals surface area contributed by atoms with E-state index in [-0.39, 0.29) is 6.09 Å². The van der Waals surface area contributed by atoms with Gasteiger partial charge in [0.25, 0.3) is 0 Å². The zero-order chi connectivity index (χ0) is 11.0. The summed E-state index contributed by atoms with van der Waals surface area (Å²) in [5.41, 5.74) is -0.413. The Bertz CT molecular complexity index is 192. The van der Waals surface area contributed by atoms with E-state index in [0.29, 0.717) is 6.54 Å². The topological polar surface area (TPSA) is 38.3 Å². The van der Waals surface area contributed by atoms with Crippen LogP contribution in [0, 0.1) is 0 Å². The molecule has 0 aliphatic rings. The number of ether oxygens (including phenoxy) is 1. The van der Waals surface area contributed by atoms with Crippen molar-refractivity contribution in [1.29, 1.82) is 0 Å². The zero-order valence-corrected chi connectivity index (χ0v) is 9.59. The van der Waals surface area contributed by atoms with E-state index in [0.717, 1.165) is 12.8 Å². The Morgan fingerprint density at radius 3 is 2.50 bits per heavy atom. The second-order valence-corrected chi connectivity index (χ2v) is 4.10. The van der Waals surface area contributed by atoms with Gasteiger partial charge >= 0.3 is 6.09 Å². The van der Waals surface area contributed by atoms with Crippen LogP contribution in [0.2, 0.25) is 0 Å². The Morgan fingerprint density at radius 1 is 1.36 bits per heavy atom. The van der Waals surface area contributed by atoms with E-state index >= 15 is 0 Å². The summed E-state index contributed by atoms with van der Waals surface area (Å²) in [7, 11) is 0. The van der Waals surface area contributed by atoms with Crippen LogP contribution in [-0.2, 0) is 4.74 Å². The quantitative estimate of drug-likeness (QED) is 0.558. The minimum atomic E-state index is -0.413. The van der Waals surface area contributed by atoms with E-state index in [1.807, 2.05) is 20.8 Å².